The van der Waals surface area contributed by atoms with Crippen LogP contribution in [0.25, 0.3) is 0 Å². The van der Waals surface area contributed by atoms with Crippen molar-refractivity contribution in [3.05, 3.63) is 59.7 Å². The molecular formula is C18H21O2. The van der Waals surface area contributed by atoms with Crippen LogP contribution < -0.4 is 0 Å². The zero-order valence-electron chi connectivity index (χ0n) is 12.2. The van der Waals surface area contributed by atoms with E-state index in [-0.39, 0.29) is 0 Å². The van der Waals surface area contributed by atoms with Crippen molar-refractivity contribution in [3.8, 4) is 0 Å². The first-order chi connectivity index (χ1) is 9.63. The van der Waals surface area contributed by atoms with Crippen molar-refractivity contribution in [1.29, 1.82) is 0 Å². The summed E-state index contributed by atoms with van der Waals surface area (Å²) < 4.78 is 11.8. The van der Waals surface area contributed by atoms with E-state index in [9.17, 15) is 0 Å². The highest BCUT2D eigenvalue weighted by Gasteiger charge is 2.49. The van der Waals surface area contributed by atoms with Crippen molar-refractivity contribution in [3.63, 3.8) is 0 Å². The Morgan fingerprint density at radius 1 is 1.25 bits per heavy atom. The highest BCUT2D eigenvalue weighted by molar-refractivity contribution is 5.35. The van der Waals surface area contributed by atoms with Crippen LogP contribution in [0.3, 0.4) is 0 Å². The molecule has 1 aliphatic heterocycles. The van der Waals surface area contributed by atoms with Gasteiger partial charge < -0.3 is 9.47 Å². The topological polar surface area (TPSA) is 18.5 Å². The van der Waals surface area contributed by atoms with E-state index in [0.29, 0.717) is 18.6 Å². The van der Waals surface area contributed by atoms with Gasteiger partial charge in [0.15, 0.2) is 6.79 Å². The van der Waals surface area contributed by atoms with Crippen LogP contribution in [0, 0.1) is 17.9 Å². The van der Waals surface area contributed by atoms with Gasteiger partial charge >= 0.3 is 0 Å². The number of hydrogen-bond acceptors (Lipinski definition) is 2. The van der Waals surface area contributed by atoms with E-state index in [0.717, 1.165) is 29.6 Å². The first kappa shape index (κ1) is 13.6. The molecule has 1 aromatic rings. The second-order valence-corrected chi connectivity index (χ2v) is 5.82. The number of allylic oxidation sites excluding steroid dienone is 2. The van der Waals surface area contributed by atoms with Gasteiger partial charge in [-0.1, -0.05) is 49.4 Å². The van der Waals surface area contributed by atoms with Crippen molar-refractivity contribution in [2.45, 2.75) is 32.5 Å². The van der Waals surface area contributed by atoms with Gasteiger partial charge in [-0.05, 0) is 31.8 Å². The Balaban J connectivity index is 2.05. The van der Waals surface area contributed by atoms with E-state index in [4.69, 9.17) is 9.47 Å². The molecule has 2 atom stereocenters. The standard InChI is InChI=1S/C18H21O2/c1-13(2)16-10-9-14(3)11-17(16)18(19-12-20-18)15-7-5-4-6-8-15/h4-8,14,16H,1,9-10,12H2,2-3H3. The molecule has 1 radical (unpaired) electrons. The fourth-order valence-corrected chi connectivity index (χ4v) is 3.13. The predicted octanol–water partition coefficient (Wildman–Crippen LogP) is 4.20. The minimum Gasteiger partial charge on any atom is -0.315 e. The van der Waals surface area contributed by atoms with Crippen molar-refractivity contribution in [1.82, 2.24) is 0 Å². The quantitative estimate of drug-likeness (QED) is 0.766. The third-order valence-corrected chi connectivity index (χ3v) is 4.27. The number of rotatable bonds is 3. The van der Waals surface area contributed by atoms with Crippen molar-refractivity contribution >= 4 is 0 Å². The van der Waals surface area contributed by atoms with Crippen LogP contribution in [0.4, 0.5) is 0 Å². The highest BCUT2D eigenvalue weighted by atomic mass is 16.9. The Kier molecular flexibility index (Phi) is 3.53. The molecule has 0 amide bonds. The second-order valence-electron chi connectivity index (χ2n) is 5.82. The van der Waals surface area contributed by atoms with Gasteiger partial charge in [-0.2, -0.15) is 0 Å². The van der Waals surface area contributed by atoms with Gasteiger partial charge in [0.05, 0.1) is 0 Å². The normalized spacial score (nSPS) is 28.4. The average molecular weight is 269 g/mol. The van der Waals surface area contributed by atoms with E-state index in [1.165, 1.54) is 0 Å². The molecule has 0 spiro atoms. The summed E-state index contributed by atoms with van der Waals surface area (Å²) in [5.41, 5.74) is 3.32. The maximum Gasteiger partial charge on any atom is 0.223 e. The first-order valence-electron chi connectivity index (χ1n) is 7.26. The molecule has 1 saturated heterocycles. The molecule has 0 N–H and O–H groups in total. The minimum atomic E-state index is -0.737. The van der Waals surface area contributed by atoms with Gasteiger partial charge in [-0.15, -0.1) is 0 Å². The van der Waals surface area contributed by atoms with Crippen LogP contribution in [-0.4, -0.2) is 6.79 Å². The Morgan fingerprint density at radius 2 is 1.95 bits per heavy atom. The lowest BCUT2D eigenvalue weighted by molar-refractivity contribution is -0.391. The summed E-state index contributed by atoms with van der Waals surface area (Å²) in [6.45, 7) is 8.78. The van der Waals surface area contributed by atoms with Crippen molar-refractivity contribution in [2.24, 2.45) is 11.8 Å². The molecule has 0 saturated carbocycles. The molecule has 2 unspecified atom stereocenters. The van der Waals surface area contributed by atoms with Gasteiger partial charge in [-0.3, -0.25) is 0 Å². The average Bonchev–Trinajstić information content (AvgIpc) is 2.38. The number of hydrogen-bond donors (Lipinski definition) is 0. The zero-order chi connectivity index (χ0) is 14.2. The summed E-state index contributed by atoms with van der Waals surface area (Å²) in [6.07, 6.45) is 5.84. The maximum absolute atomic E-state index is 5.91. The summed E-state index contributed by atoms with van der Waals surface area (Å²) in [5.74, 6) is 0.000202. The third kappa shape index (κ3) is 2.13. The SMILES string of the molecule is C=C(C)C1CCC(C)[C]=C1C1(c2ccccc2)OCO1. The first-order valence-corrected chi connectivity index (χ1v) is 7.26. The lowest BCUT2D eigenvalue weighted by Gasteiger charge is -2.47. The second kappa shape index (κ2) is 5.19. The minimum absolute atomic E-state index is 0.298. The van der Waals surface area contributed by atoms with Gasteiger partial charge in [0.25, 0.3) is 0 Å². The van der Waals surface area contributed by atoms with E-state index < -0.39 is 5.79 Å². The van der Waals surface area contributed by atoms with Gasteiger partial charge in [-0.25, -0.2) is 0 Å². The summed E-state index contributed by atoms with van der Waals surface area (Å²) in [5, 5.41) is 0. The molecule has 3 rings (SSSR count). The van der Waals surface area contributed by atoms with Gasteiger partial charge in [0, 0.05) is 17.1 Å². The van der Waals surface area contributed by atoms with E-state index in [2.05, 4.69) is 38.6 Å². The molecule has 0 bridgehead atoms. The molecule has 1 heterocycles. The van der Waals surface area contributed by atoms with E-state index in [1.54, 1.807) is 0 Å². The molecule has 20 heavy (non-hydrogen) atoms. The van der Waals surface area contributed by atoms with Crippen LogP contribution in [0.15, 0.2) is 48.1 Å². The molecule has 105 valence electrons. The molecule has 2 heteroatoms. The Labute approximate surface area is 121 Å². The molecule has 1 aromatic carbocycles. The summed E-state index contributed by atoms with van der Waals surface area (Å²) >= 11 is 0. The lowest BCUT2D eigenvalue weighted by Crippen LogP contribution is -2.48. The van der Waals surface area contributed by atoms with Crippen LogP contribution in [0.2, 0.25) is 0 Å². The van der Waals surface area contributed by atoms with Crippen LogP contribution in [0.5, 0.6) is 0 Å². The van der Waals surface area contributed by atoms with E-state index >= 15 is 0 Å². The highest BCUT2D eigenvalue weighted by Crippen LogP contribution is 2.49. The van der Waals surface area contributed by atoms with E-state index in [1.807, 2.05) is 18.2 Å². The van der Waals surface area contributed by atoms with Crippen molar-refractivity contribution < 1.29 is 9.47 Å². The largest absolute Gasteiger partial charge is 0.315 e. The zero-order valence-corrected chi connectivity index (χ0v) is 12.2. The number of benzene rings is 1. The Hall–Kier alpha value is -1.38. The molecule has 2 nitrogen and oxygen atoms in total. The molecule has 0 aromatic heterocycles. The molecule has 1 fully saturated rings. The van der Waals surface area contributed by atoms with Crippen LogP contribution in [-0.2, 0) is 15.3 Å². The Bertz CT molecular complexity index is 526. The van der Waals surface area contributed by atoms with Gasteiger partial charge in [0.1, 0.15) is 0 Å². The van der Waals surface area contributed by atoms with Crippen molar-refractivity contribution in [2.75, 3.05) is 6.79 Å². The predicted molar refractivity (Wildman–Crippen MR) is 78.6 cm³/mol. The summed E-state index contributed by atoms with van der Waals surface area (Å²) in [6, 6.07) is 10.2. The molecular weight excluding hydrogens is 248 g/mol. The third-order valence-electron chi connectivity index (χ3n) is 4.27. The van der Waals surface area contributed by atoms with Gasteiger partial charge in [0.2, 0.25) is 5.79 Å². The maximum atomic E-state index is 5.91. The number of ether oxygens (including phenoxy) is 2. The fraction of sp³-hybridized carbons (Fsp3) is 0.444. The fourth-order valence-electron chi connectivity index (χ4n) is 3.13. The smallest absolute Gasteiger partial charge is 0.223 e. The lowest BCUT2D eigenvalue weighted by atomic mass is 9.74. The summed E-state index contributed by atoms with van der Waals surface area (Å²) in [4.78, 5) is 0. The molecule has 2 aliphatic rings. The molecule has 1 aliphatic carbocycles. The Morgan fingerprint density at radius 3 is 2.50 bits per heavy atom. The monoisotopic (exact) mass is 269 g/mol. The van der Waals surface area contributed by atoms with Crippen LogP contribution >= 0.6 is 0 Å². The van der Waals surface area contributed by atoms with Crippen LogP contribution in [0.1, 0.15) is 32.3 Å². The summed E-state index contributed by atoms with van der Waals surface area (Å²) in [7, 11) is 0.